The number of rotatable bonds is 6. The summed E-state index contributed by atoms with van der Waals surface area (Å²) in [6.07, 6.45) is 1.82. The molecule has 36 heavy (non-hydrogen) atoms. The van der Waals surface area contributed by atoms with Crippen LogP contribution >= 0.6 is 55.8 Å². The van der Waals surface area contributed by atoms with Crippen molar-refractivity contribution in [3.63, 3.8) is 0 Å². The molecule has 8 heteroatoms. The molecule has 1 heterocycles. The van der Waals surface area contributed by atoms with Crippen LogP contribution in [0.5, 0.6) is 11.5 Å². The molecule has 4 aromatic carbocycles. The number of thiocarbonyl (C=S) groups is 1. The average molecular weight is 641 g/mol. The standard InChI is InChI=1S/C28H19Br2NO3S2/c1-33-24-13-17(14-25-27(32)31(28(35)36-25)21-10-5-9-20(29)15-21)12-23(30)26(24)34-16-19-8-4-7-18-6-2-3-11-22(18)19/h2-15H,16H2,1H3. The van der Waals surface area contributed by atoms with Crippen LogP contribution in [0.25, 0.3) is 16.8 Å². The van der Waals surface area contributed by atoms with Crippen LogP contribution in [0.1, 0.15) is 11.1 Å². The Labute approximate surface area is 235 Å². The van der Waals surface area contributed by atoms with Crippen molar-refractivity contribution < 1.29 is 14.3 Å². The fourth-order valence-electron chi connectivity index (χ4n) is 3.99. The van der Waals surface area contributed by atoms with Gasteiger partial charge in [0.2, 0.25) is 0 Å². The molecule has 0 saturated carbocycles. The van der Waals surface area contributed by atoms with Gasteiger partial charge in [0.05, 0.1) is 22.2 Å². The summed E-state index contributed by atoms with van der Waals surface area (Å²) >= 11 is 13.9. The molecule has 0 N–H and O–H groups in total. The van der Waals surface area contributed by atoms with Crippen LogP contribution in [0, 0.1) is 0 Å². The van der Waals surface area contributed by atoms with Crippen LogP contribution in [0.2, 0.25) is 0 Å². The van der Waals surface area contributed by atoms with Gasteiger partial charge >= 0.3 is 0 Å². The number of thioether (sulfide) groups is 1. The lowest BCUT2D eigenvalue weighted by Gasteiger charge is -2.15. The summed E-state index contributed by atoms with van der Waals surface area (Å²) in [6.45, 7) is 0.390. The zero-order valence-electron chi connectivity index (χ0n) is 19.0. The largest absolute Gasteiger partial charge is 0.493 e. The van der Waals surface area contributed by atoms with Crippen molar-refractivity contribution in [2.75, 3.05) is 12.0 Å². The Morgan fingerprint density at radius 2 is 1.78 bits per heavy atom. The lowest BCUT2D eigenvalue weighted by molar-refractivity contribution is -0.113. The molecule has 1 amide bonds. The van der Waals surface area contributed by atoms with Crippen molar-refractivity contribution in [3.05, 3.63) is 104 Å². The molecular formula is C28H19Br2NO3S2. The SMILES string of the molecule is COc1cc(C=C2SC(=S)N(c3cccc(Br)c3)C2=O)cc(Br)c1OCc1cccc2ccccc12. The van der Waals surface area contributed by atoms with Gasteiger partial charge in [-0.3, -0.25) is 9.69 Å². The molecule has 0 atom stereocenters. The van der Waals surface area contributed by atoms with Crippen LogP contribution in [0.4, 0.5) is 5.69 Å². The fraction of sp³-hybridized carbons (Fsp3) is 0.0714. The van der Waals surface area contributed by atoms with Gasteiger partial charge < -0.3 is 9.47 Å². The number of carbonyl (C=O) groups is 1. The summed E-state index contributed by atoms with van der Waals surface area (Å²) in [4.78, 5) is 15.3. The molecular weight excluding hydrogens is 622 g/mol. The summed E-state index contributed by atoms with van der Waals surface area (Å²) in [5, 5.41) is 2.32. The van der Waals surface area contributed by atoms with E-state index < -0.39 is 0 Å². The highest BCUT2D eigenvalue weighted by atomic mass is 79.9. The molecule has 0 aromatic heterocycles. The lowest BCUT2D eigenvalue weighted by atomic mass is 10.1. The van der Waals surface area contributed by atoms with Crippen molar-refractivity contribution in [2.45, 2.75) is 6.61 Å². The molecule has 1 fully saturated rings. The Kier molecular flexibility index (Phi) is 7.48. The van der Waals surface area contributed by atoms with E-state index in [9.17, 15) is 4.79 Å². The van der Waals surface area contributed by atoms with Gasteiger partial charge in [-0.2, -0.15) is 0 Å². The number of halogens is 2. The van der Waals surface area contributed by atoms with E-state index in [-0.39, 0.29) is 5.91 Å². The smallest absolute Gasteiger partial charge is 0.270 e. The number of methoxy groups -OCH3 is 1. The van der Waals surface area contributed by atoms with Crippen molar-refractivity contribution in [3.8, 4) is 11.5 Å². The van der Waals surface area contributed by atoms with E-state index in [2.05, 4.69) is 56.1 Å². The van der Waals surface area contributed by atoms with Gasteiger partial charge in [0.15, 0.2) is 15.8 Å². The van der Waals surface area contributed by atoms with E-state index in [1.807, 2.05) is 60.7 Å². The predicted octanol–water partition coefficient (Wildman–Crippen LogP) is 8.36. The van der Waals surface area contributed by atoms with Gasteiger partial charge in [0.1, 0.15) is 6.61 Å². The first-order chi connectivity index (χ1) is 17.4. The minimum atomic E-state index is -0.158. The Hall–Kier alpha value is -2.65. The Morgan fingerprint density at radius 3 is 2.58 bits per heavy atom. The second-order valence-corrected chi connectivity index (χ2v) is 11.4. The molecule has 0 spiro atoms. The quantitative estimate of drug-likeness (QED) is 0.156. The van der Waals surface area contributed by atoms with Crippen LogP contribution in [-0.4, -0.2) is 17.3 Å². The highest BCUT2D eigenvalue weighted by Gasteiger charge is 2.33. The van der Waals surface area contributed by atoms with E-state index in [0.717, 1.165) is 31.1 Å². The van der Waals surface area contributed by atoms with E-state index in [1.54, 1.807) is 12.0 Å². The summed E-state index contributed by atoms with van der Waals surface area (Å²) < 4.78 is 13.9. The van der Waals surface area contributed by atoms with Crippen molar-refractivity contribution in [2.24, 2.45) is 0 Å². The Balaban J connectivity index is 1.41. The molecule has 180 valence electrons. The predicted molar refractivity (Wildman–Crippen MR) is 159 cm³/mol. The molecule has 1 aliphatic rings. The molecule has 1 saturated heterocycles. The van der Waals surface area contributed by atoms with Gasteiger partial charge in [0.25, 0.3) is 5.91 Å². The minimum Gasteiger partial charge on any atom is -0.493 e. The maximum Gasteiger partial charge on any atom is 0.270 e. The number of carbonyl (C=O) groups excluding carboxylic acids is 1. The first kappa shape index (κ1) is 25.0. The molecule has 1 aliphatic heterocycles. The van der Waals surface area contributed by atoms with Gasteiger partial charge in [-0.05, 0) is 74.2 Å². The number of benzene rings is 4. The first-order valence-corrected chi connectivity index (χ1v) is 13.8. The van der Waals surface area contributed by atoms with E-state index in [4.69, 9.17) is 21.7 Å². The number of hydrogen-bond donors (Lipinski definition) is 0. The number of ether oxygens (including phenoxy) is 2. The number of amides is 1. The molecule has 5 rings (SSSR count). The highest BCUT2D eigenvalue weighted by molar-refractivity contribution is 9.10. The summed E-state index contributed by atoms with van der Waals surface area (Å²) in [7, 11) is 1.60. The highest BCUT2D eigenvalue weighted by Crippen LogP contribution is 2.41. The zero-order chi connectivity index (χ0) is 25.2. The average Bonchev–Trinajstić information content (AvgIpc) is 3.15. The lowest BCUT2D eigenvalue weighted by Crippen LogP contribution is -2.27. The van der Waals surface area contributed by atoms with Crippen LogP contribution in [0.3, 0.4) is 0 Å². The van der Waals surface area contributed by atoms with Crippen molar-refractivity contribution in [1.82, 2.24) is 0 Å². The third-order valence-corrected chi connectivity index (χ3v) is 8.05. The first-order valence-electron chi connectivity index (χ1n) is 10.9. The maximum atomic E-state index is 13.2. The summed E-state index contributed by atoms with van der Waals surface area (Å²) in [6, 6.07) is 25.7. The number of anilines is 1. The second-order valence-electron chi connectivity index (χ2n) is 7.96. The van der Waals surface area contributed by atoms with Gasteiger partial charge in [-0.25, -0.2) is 0 Å². The number of hydrogen-bond acceptors (Lipinski definition) is 5. The summed E-state index contributed by atoms with van der Waals surface area (Å²) in [5.41, 5.74) is 2.61. The van der Waals surface area contributed by atoms with Gasteiger partial charge in [0, 0.05) is 4.47 Å². The molecule has 0 unspecified atom stereocenters. The number of fused-ring (bicyclic) bond motifs is 1. The van der Waals surface area contributed by atoms with E-state index in [0.29, 0.717) is 27.3 Å². The molecule has 0 bridgehead atoms. The molecule has 4 nitrogen and oxygen atoms in total. The van der Waals surface area contributed by atoms with E-state index >= 15 is 0 Å². The maximum absolute atomic E-state index is 13.2. The van der Waals surface area contributed by atoms with Crippen LogP contribution in [0.15, 0.2) is 92.7 Å². The molecule has 0 radical (unpaired) electrons. The topological polar surface area (TPSA) is 38.8 Å². The van der Waals surface area contributed by atoms with Gasteiger partial charge in [-0.15, -0.1) is 0 Å². The fourth-order valence-corrected chi connectivity index (χ4v) is 6.25. The third kappa shape index (κ3) is 5.09. The van der Waals surface area contributed by atoms with E-state index in [1.165, 1.54) is 17.1 Å². The normalized spacial score (nSPS) is 14.6. The van der Waals surface area contributed by atoms with Gasteiger partial charge in [-0.1, -0.05) is 88.4 Å². The zero-order valence-corrected chi connectivity index (χ0v) is 23.8. The Morgan fingerprint density at radius 1 is 1.00 bits per heavy atom. The van der Waals surface area contributed by atoms with Crippen molar-refractivity contribution in [1.29, 1.82) is 0 Å². The van der Waals surface area contributed by atoms with Crippen LogP contribution in [-0.2, 0) is 11.4 Å². The number of nitrogens with zero attached hydrogens (tertiary/aromatic N) is 1. The summed E-state index contributed by atoms with van der Waals surface area (Å²) in [5.74, 6) is 1.01. The minimum absolute atomic E-state index is 0.158. The molecule has 4 aromatic rings. The third-order valence-electron chi connectivity index (χ3n) is 5.66. The second kappa shape index (κ2) is 10.8. The van der Waals surface area contributed by atoms with Crippen LogP contribution < -0.4 is 14.4 Å². The monoisotopic (exact) mass is 639 g/mol. The molecule has 0 aliphatic carbocycles. The van der Waals surface area contributed by atoms with Crippen molar-refractivity contribution >= 4 is 88.6 Å². The Bertz CT molecular complexity index is 1530.